The van der Waals surface area contributed by atoms with Gasteiger partial charge >= 0.3 is 5.97 Å². The molecule has 0 unspecified atom stereocenters. The van der Waals surface area contributed by atoms with E-state index in [2.05, 4.69) is 10.6 Å². The molecule has 3 rings (SSSR count). The zero-order valence-electron chi connectivity index (χ0n) is 19.1. The topological polar surface area (TPSA) is 93.7 Å². The first-order valence-electron chi connectivity index (χ1n) is 10.6. The number of para-hydroxylation sites is 1. The average Bonchev–Trinajstić information content (AvgIpc) is 2.80. The van der Waals surface area contributed by atoms with Crippen LogP contribution in [0.15, 0.2) is 60.7 Å². The highest BCUT2D eigenvalue weighted by Gasteiger charge is 2.12. The van der Waals surface area contributed by atoms with Crippen LogP contribution in [0.3, 0.4) is 0 Å². The molecule has 0 radical (unpaired) electrons. The van der Waals surface area contributed by atoms with E-state index >= 15 is 0 Å². The van der Waals surface area contributed by atoms with Crippen molar-refractivity contribution in [1.82, 2.24) is 5.32 Å². The van der Waals surface area contributed by atoms with Crippen LogP contribution in [0, 0.1) is 13.8 Å². The number of amides is 2. The van der Waals surface area contributed by atoms with Crippen LogP contribution in [0.25, 0.3) is 0 Å². The first kappa shape index (κ1) is 24.8. The van der Waals surface area contributed by atoms with Gasteiger partial charge in [0.1, 0.15) is 11.5 Å². The van der Waals surface area contributed by atoms with Crippen molar-refractivity contribution in [3.63, 3.8) is 0 Å². The molecule has 34 heavy (non-hydrogen) atoms. The molecule has 0 saturated heterocycles. The van der Waals surface area contributed by atoms with Crippen molar-refractivity contribution in [2.24, 2.45) is 0 Å². The molecule has 0 aromatic heterocycles. The summed E-state index contributed by atoms with van der Waals surface area (Å²) in [6.45, 7) is 5.05. The van der Waals surface area contributed by atoms with Crippen molar-refractivity contribution < 1.29 is 23.9 Å². The predicted molar refractivity (Wildman–Crippen MR) is 130 cm³/mol. The second kappa shape index (κ2) is 11.3. The first-order chi connectivity index (χ1) is 16.2. The number of rotatable bonds is 8. The predicted octanol–water partition coefficient (Wildman–Crippen LogP) is 4.83. The Kier molecular flexibility index (Phi) is 8.27. The van der Waals surface area contributed by atoms with Gasteiger partial charge in [0.2, 0.25) is 0 Å². The van der Waals surface area contributed by atoms with E-state index in [4.69, 9.17) is 21.1 Å². The lowest BCUT2D eigenvalue weighted by molar-refractivity contribution is -0.131. The number of nitrogens with one attached hydrogen (secondary N) is 2. The van der Waals surface area contributed by atoms with E-state index in [9.17, 15) is 14.4 Å². The quantitative estimate of drug-likeness (QED) is 0.356. The van der Waals surface area contributed by atoms with Crippen molar-refractivity contribution in [3.05, 3.63) is 87.9 Å². The molecule has 0 heterocycles. The molecule has 0 atom stereocenters. The van der Waals surface area contributed by atoms with Gasteiger partial charge in [-0.25, -0.2) is 0 Å². The summed E-state index contributed by atoms with van der Waals surface area (Å²) >= 11 is 6.17. The Morgan fingerprint density at radius 1 is 0.912 bits per heavy atom. The van der Waals surface area contributed by atoms with Gasteiger partial charge in [0.05, 0.1) is 0 Å². The summed E-state index contributed by atoms with van der Waals surface area (Å²) < 4.78 is 10.6. The highest BCUT2D eigenvalue weighted by molar-refractivity contribution is 6.32. The second-order valence-corrected chi connectivity index (χ2v) is 8.05. The van der Waals surface area contributed by atoms with Gasteiger partial charge in [0, 0.05) is 29.7 Å². The summed E-state index contributed by atoms with van der Waals surface area (Å²) in [4.78, 5) is 36.2. The molecule has 8 heteroatoms. The lowest BCUT2D eigenvalue weighted by Gasteiger charge is -2.13. The number of hydrogen-bond acceptors (Lipinski definition) is 5. The molecule has 0 spiro atoms. The van der Waals surface area contributed by atoms with Crippen LogP contribution in [-0.2, 0) is 16.1 Å². The minimum absolute atomic E-state index is 0.176. The fourth-order valence-electron chi connectivity index (χ4n) is 3.27. The summed E-state index contributed by atoms with van der Waals surface area (Å²) in [7, 11) is 0. The number of halogens is 1. The van der Waals surface area contributed by atoms with Gasteiger partial charge in [-0.3, -0.25) is 14.4 Å². The van der Waals surface area contributed by atoms with E-state index in [0.717, 1.165) is 16.7 Å². The van der Waals surface area contributed by atoms with E-state index in [1.165, 1.54) is 13.0 Å². The maximum absolute atomic E-state index is 12.6. The molecule has 3 aromatic rings. The van der Waals surface area contributed by atoms with E-state index in [0.29, 0.717) is 27.8 Å². The Labute approximate surface area is 203 Å². The summed E-state index contributed by atoms with van der Waals surface area (Å²) in [6, 6.07) is 17.0. The number of esters is 1. The largest absolute Gasteiger partial charge is 0.484 e. The van der Waals surface area contributed by atoms with E-state index in [1.54, 1.807) is 48.5 Å². The summed E-state index contributed by atoms with van der Waals surface area (Å²) in [5, 5.41) is 6.30. The molecule has 0 aliphatic carbocycles. The first-order valence-corrected chi connectivity index (χ1v) is 10.9. The zero-order chi connectivity index (χ0) is 24.7. The molecule has 0 bridgehead atoms. The molecular weight excluding hydrogens is 456 g/mol. The Bertz CT molecular complexity index is 1200. The third-order valence-corrected chi connectivity index (χ3v) is 5.46. The van der Waals surface area contributed by atoms with Crippen molar-refractivity contribution in [2.75, 3.05) is 11.9 Å². The van der Waals surface area contributed by atoms with Crippen molar-refractivity contribution in [3.8, 4) is 11.5 Å². The molecular formula is C26H25ClN2O5. The Morgan fingerprint density at radius 2 is 1.62 bits per heavy atom. The minimum atomic E-state index is -0.465. The number of hydrogen-bond donors (Lipinski definition) is 2. The number of carbonyl (C=O) groups is 3. The van der Waals surface area contributed by atoms with E-state index in [-0.39, 0.29) is 25.0 Å². The molecule has 3 aromatic carbocycles. The monoisotopic (exact) mass is 480 g/mol. The fraction of sp³-hybridized carbons (Fsp3) is 0.192. The van der Waals surface area contributed by atoms with Gasteiger partial charge < -0.3 is 20.1 Å². The molecule has 0 aliphatic heterocycles. The SMILES string of the molecule is CC(=O)Oc1cccc(C(=O)NCc2ccccc2NC(=O)COc2cc(C)c(Cl)c(C)c2)c1. The van der Waals surface area contributed by atoms with Crippen LogP contribution in [0.5, 0.6) is 11.5 Å². The van der Waals surface area contributed by atoms with Gasteiger partial charge in [-0.1, -0.05) is 35.9 Å². The normalized spacial score (nSPS) is 10.4. The Hall–Kier alpha value is -3.84. The third kappa shape index (κ3) is 6.83. The molecule has 0 aliphatic rings. The van der Waals surface area contributed by atoms with Crippen LogP contribution in [0.1, 0.15) is 34.0 Å². The van der Waals surface area contributed by atoms with Gasteiger partial charge in [0.15, 0.2) is 6.61 Å². The summed E-state index contributed by atoms with van der Waals surface area (Å²) in [6.07, 6.45) is 0. The Balaban J connectivity index is 1.59. The number of ether oxygens (including phenoxy) is 2. The van der Waals surface area contributed by atoms with E-state index < -0.39 is 5.97 Å². The van der Waals surface area contributed by atoms with Crippen molar-refractivity contribution in [2.45, 2.75) is 27.3 Å². The van der Waals surface area contributed by atoms with Gasteiger partial charge in [-0.05, 0) is 66.9 Å². The maximum Gasteiger partial charge on any atom is 0.308 e. The van der Waals surface area contributed by atoms with Gasteiger partial charge in [-0.15, -0.1) is 0 Å². The van der Waals surface area contributed by atoms with Crippen molar-refractivity contribution in [1.29, 1.82) is 0 Å². The third-order valence-electron chi connectivity index (χ3n) is 4.87. The van der Waals surface area contributed by atoms with Crippen LogP contribution in [0.4, 0.5) is 5.69 Å². The lowest BCUT2D eigenvalue weighted by Crippen LogP contribution is -2.25. The average molecular weight is 481 g/mol. The molecule has 2 amide bonds. The van der Waals surface area contributed by atoms with Crippen LogP contribution in [-0.4, -0.2) is 24.4 Å². The zero-order valence-corrected chi connectivity index (χ0v) is 19.9. The molecule has 2 N–H and O–H groups in total. The van der Waals surface area contributed by atoms with Crippen LogP contribution >= 0.6 is 11.6 Å². The van der Waals surface area contributed by atoms with Crippen molar-refractivity contribution >= 4 is 35.1 Å². The highest BCUT2D eigenvalue weighted by atomic mass is 35.5. The van der Waals surface area contributed by atoms with Gasteiger partial charge in [-0.2, -0.15) is 0 Å². The minimum Gasteiger partial charge on any atom is -0.484 e. The second-order valence-electron chi connectivity index (χ2n) is 7.67. The molecule has 7 nitrogen and oxygen atoms in total. The fourth-order valence-corrected chi connectivity index (χ4v) is 3.37. The molecule has 176 valence electrons. The lowest BCUT2D eigenvalue weighted by atomic mass is 10.1. The summed E-state index contributed by atoms with van der Waals surface area (Å²) in [5.74, 6) is -0.289. The number of aryl methyl sites for hydroxylation is 2. The van der Waals surface area contributed by atoms with Crippen LogP contribution in [0.2, 0.25) is 5.02 Å². The molecule has 0 saturated carbocycles. The van der Waals surface area contributed by atoms with E-state index in [1.807, 2.05) is 19.9 Å². The number of benzene rings is 3. The summed E-state index contributed by atoms with van der Waals surface area (Å²) in [5.41, 5.74) is 3.38. The smallest absolute Gasteiger partial charge is 0.308 e. The number of anilines is 1. The highest BCUT2D eigenvalue weighted by Crippen LogP contribution is 2.26. The van der Waals surface area contributed by atoms with Crippen LogP contribution < -0.4 is 20.1 Å². The standard InChI is InChI=1S/C26H25ClN2O5/c1-16-11-22(12-17(2)25(16)27)33-15-24(31)29-23-10-5-4-7-20(23)14-28-26(32)19-8-6-9-21(13-19)34-18(3)30/h4-13H,14-15H2,1-3H3,(H,28,32)(H,29,31). The maximum atomic E-state index is 12.6. The number of carbonyl (C=O) groups excluding carboxylic acids is 3. The molecule has 0 fully saturated rings. The van der Waals surface area contributed by atoms with Gasteiger partial charge in [0.25, 0.3) is 11.8 Å². The Morgan fingerprint density at radius 3 is 2.32 bits per heavy atom.